The number of halogens is 2. The Morgan fingerprint density at radius 2 is 1.72 bits per heavy atom. The van der Waals surface area contributed by atoms with Gasteiger partial charge in [0.05, 0.1) is 24.1 Å². The van der Waals surface area contributed by atoms with Crippen molar-refractivity contribution in [1.82, 2.24) is 4.90 Å². The lowest BCUT2D eigenvalue weighted by Crippen LogP contribution is -2.60. The highest BCUT2D eigenvalue weighted by Gasteiger charge is 2.75. The molecule has 4 amide bonds. The number of phenols is 2. The molecule has 11 nitrogen and oxygen atoms in total. The molecule has 4 aliphatic rings. The van der Waals surface area contributed by atoms with Crippen molar-refractivity contribution < 1.29 is 44.0 Å². The topological polar surface area (TPSA) is 162 Å². The van der Waals surface area contributed by atoms with Crippen molar-refractivity contribution in [2.75, 3.05) is 18.6 Å². The van der Waals surface area contributed by atoms with E-state index in [1.165, 1.54) is 25.2 Å². The van der Waals surface area contributed by atoms with Crippen molar-refractivity contribution in [3.8, 4) is 17.2 Å². The third kappa shape index (κ3) is 3.77. The molecule has 0 spiro atoms. The minimum Gasteiger partial charge on any atom is -0.507 e. The lowest BCUT2D eigenvalue weighted by Gasteiger charge is -2.50. The minimum atomic E-state index is -1.99. The molecule has 0 bridgehead atoms. The highest BCUT2D eigenvalue weighted by molar-refractivity contribution is 6.53. The molecule has 2 aromatic carbocycles. The molecule has 0 aromatic heterocycles. The summed E-state index contributed by atoms with van der Waals surface area (Å²) in [5.74, 6) is -8.24. The molecule has 224 valence electrons. The van der Waals surface area contributed by atoms with Gasteiger partial charge in [-0.1, -0.05) is 17.7 Å². The number of carbonyl (C=O) groups is 5. The van der Waals surface area contributed by atoms with Crippen LogP contribution in [0.3, 0.4) is 0 Å². The van der Waals surface area contributed by atoms with Gasteiger partial charge in [-0.2, -0.15) is 0 Å². The van der Waals surface area contributed by atoms with Crippen LogP contribution in [0.1, 0.15) is 41.6 Å². The average Bonchev–Trinajstić information content (AvgIpc) is 3.29. The Balaban J connectivity index is 1.49. The molecule has 1 saturated carbocycles. The molecule has 6 atom stereocenters. The highest BCUT2D eigenvalue weighted by Crippen LogP contribution is 2.65. The summed E-state index contributed by atoms with van der Waals surface area (Å²) in [5.41, 5.74) is 0.592. The number of phenolic OH excluding ortho intramolecular Hbond substituents is 1. The van der Waals surface area contributed by atoms with Crippen molar-refractivity contribution in [2.45, 2.75) is 35.4 Å². The maximum atomic E-state index is 14.0. The van der Waals surface area contributed by atoms with Crippen LogP contribution in [0.25, 0.3) is 0 Å². The summed E-state index contributed by atoms with van der Waals surface area (Å²) in [6.45, 7) is 1.97. The van der Waals surface area contributed by atoms with Crippen LogP contribution in [0.2, 0.25) is 0 Å². The fourth-order valence-electron chi connectivity index (χ4n) is 7.19. The van der Waals surface area contributed by atoms with E-state index in [-0.39, 0.29) is 36.6 Å². The quantitative estimate of drug-likeness (QED) is 0.256. The number of fused-ring (bicyclic) bond motifs is 4. The summed E-state index contributed by atoms with van der Waals surface area (Å²) in [4.78, 5) is 64.1. The number of benzene rings is 2. The summed E-state index contributed by atoms with van der Waals surface area (Å²) >= 11 is 14.3. The summed E-state index contributed by atoms with van der Waals surface area (Å²) in [6.07, 6.45) is 1.67. The van der Waals surface area contributed by atoms with Crippen LogP contribution in [-0.4, -0.2) is 73.2 Å². The molecule has 2 aliphatic carbocycles. The van der Waals surface area contributed by atoms with Crippen LogP contribution in [0, 0.1) is 17.8 Å². The lowest BCUT2D eigenvalue weighted by molar-refractivity contribution is -0.138. The van der Waals surface area contributed by atoms with Crippen LogP contribution in [0.4, 0.5) is 5.69 Å². The van der Waals surface area contributed by atoms with Crippen molar-refractivity contribution in [3.63, 3.8) is 0 Å². The van der Waals surface area contributed by atoms with E-state index in [2.05, 4.69) is 0 Å². The normalized spacial score (nSPS) is 31.5. The zero-order chi connectivity index (χ0) is 31.2. The largest absolute Gasteiger partial charge is 0.507 e. The Labute approximate surface area is 255 Å². The van der Waals surface area contributed by atoms with E-state index in [1.54, 1.807) is 19.1 Å². The maximum absolute atomic E-state index is 14.0. The first-order valence-corrected chi connectivity index (χ1v) is 14.3. The second-order valence-electron chi connectivity index (χ2n) is 11.2. The fraction of sp³-hybridized carbons (Fsp3) is 0.367. The number of amides is 4. The van der Waals surface area contributed by atoms with Gasteiger partial charge in [0.15, 0.2) is 21.2 Å². The molecule has 43 heavy (non-hydrogen) atoms. The second kappa shape index (κ2) is 9.72. The van der Waals surface area contributed by atoms with Crippen LogP contribution in [0.15, 0.2) is 48.0 Å². The van der Waals surface area contributed by atoms with Crippen LogP contribution < -0.4 is 9.64 Å². The molecule has 0 radical (unpaired) electrons. The number of hydrogen-bond acceptors (Lipinski definition) is 8. The number of hydrogen-bond donors (Lipinski definition) is 3. The maximum Gasteiger partial charge on any atom is 0.339 e. The van der Waals surface area contributed by atoms with Gasteiger partial charge in [0, 0.05) is 19.0 Å². The smallest absolute Gasteiger partial charge is 0.339 e. The number of nitrogens with zero attached hydrogens (tertiary/aromatic N) is 2. The van der Waals surface area contributed by atoms with Crippen LogP contribution in [0.5, 0.6) is 17.2 Å². The van der Waals surface area contributed by atoms with E-state index in [0.29, 0.717) is 11.1 Å². The molecule has 0 unspecified atom stereocenters. The molecule has 2 heterocycles. The fourth-order valence-corrected chi connectivity index (χ4v) is 8.21. The number of alkyl halides is 2. The van der Waals surface area contributed by atoms with Crippen LogP contribution in [-0.2, 0) is 19.2 Å². The second-order valence-corrected chi connectivity index (χ2v) is 12.4. The number of rotatable bonds is 5. The predicted octanol–water partition coefficient (Wildman–Crippen LogP) is 3.39. The van der Waals surface area contributed by atoms with E-state index < -0.39 is 74.3 Å². The molecule has 6 rings (SSSR count). The number of allylic oxidation sites excluding steroid dienone is 2. The number of aromatic carboxylic acids is 1. The number of likely N-dealkylation sites (tertiary alicyclic amines) is 1. The molecule has 2 saturated heterocycles. The van der Waals surface area contributed by atoms with Gasteiger partial charge in [0.25, 0.3) is 11.8 Å². The van der Waals surface area contributed by atoms with Gasteiger partial charge < -0.3 is 20.1 Å². The monoisotopic (exact) mass is 628 g/mol. The average molecular weight is 629 g/mol. The summed E-state index contributed by atoms with van der Waals surface area (Å²) in [6, 6.07) is 7.87. The van der Waals surface area contributed by atoms with Gasteiger partial charge in [-0.05, 0) is 55.5 Å². The van der Waals surface area contributed by atoms with Gasteiger partial charge in [0.1, 0.15) is 11.3 Å². The summed E-state index contributed by atoms with van der Waals surface area (Å²) in [7, 11) is 1.29. The zero-order valence-electron chi connectivity index (χ0n) is 22.9. The van der Waals surface area contributed by atoms with E-state index in [1.807, 2.05) is 0 Å². The van der Waals surface area contributed by atoms with Gasteiger partial charge in [-0.3, -0.25) is 24.1 Å². The molecule has 2 aliphatic heterocycles. The van der Waals surface area contributed by atoms with E-state index in [4.69, 9.17) is 27.9 Å². The number of carbonyl (C=O) groups excluding carboxylic acids is 4. The van der Waals surface area contributed by atoms with E-state index >= 15 is 0 Å². The van der Waals surface area contributed by atoms with Gasteiger partial charge >= 0.3 is 5.97 Å². The standard InChI is InChI=1S/C30H26Cl2N2O9/c1-3-43-21-10-13(4-9-19(21)35)23-15-7-8-17-22(18(15)12-29(31)27(41)33(2)28(42)30(23,29)32)25(38)34(24(17)37)14-5-6-16(26(39)40)20(36)11-14/h4-7,9-11,17-18,22-23,35-36H,3,8,12H2,1-2H3,(H,39,40)/t17-,18+,22-,23-,29+,30-/m0/s1. The molecule has 3 N–H and O–H groups in total. The molecular weight excluding hydrogens is 603 g/mol. The zero-order valence-corrected chi connectivity index (χ0v) is 24.4. The molecule has 2 aromatic rings. The van der Waals surface area contributed by atoms with Crippen molar-refractivity contribution >= 4 is 58.5 Å². The highest BCUT2D eigenvalue weighted by atomic mass is 35.5. The van der Waals surface area contributed by atoms with Crippen molar-refractivity contribution in [3.05, 3.63) is 59.2 Å². The molecule has 13 heteroatoms. The number of aromatic hydroxyl groups is 2. The van der Waals surface area contributed by atoms with Crippen LogP contribution >= 0.6 is 23.2 Å². The number of ether oxygens (including phenoxy) is 1. The number of carboxylic acid groups (broad SMARTS) is 1. The Morgan fingerprint density at radius 3 is 2.37 bits per heavy atom. The van der Waals surface area contributed by atoms with Gasteiger partial charge in [0.2, 0.25) is 11.8 Å². The summed E-state index contributed by atoms with van der Waals surface area (Å²) < 4.78 is 5.57. The van der Waals surface area contributed by atoms with Gasteiger partial charge in [-0.15, -0.1) is 23.2 Å². The lowest BCUT2D eigenvalue weighted by atomic mass is 9.56. The van der Waals surface area contributed by atoms with Gasteiger partial charge in [-0.25, -0.2) is 9.69 Å². The summed E-state index contributed by atoms with van der Waals surface area (Å²) in [5, 5.41) is 29.9. The van der Waals surface area contributed by atoms with E-state index in [9.17, 15) is 39.3 Å². The first-order chi connectivity index (χ1) is 20.3. The predicted molar refractivity (Wildman–Crippen MR) is 152 cm³/mol. The minimum absolute atomic E-state index is 0.000156. The third-order valence-corrected chi connectivity index (χ3v) is 10.5. The van der Waals surface area contributed by atoms with E-state index in [0.717, 1.165) is 21.9 Å². The molecular formula is C30H26Cl2N2O9. The Kier molecular flexibility index (Phi) is 6.55. The molecule has 3 fully saturated rings. The van der Waals surface area contributed by atoms with Crippen molar-refractivity contribution in [2.24, 2.45) is 17.8 Å². The first-order valence-electron chi connectivity index (χ1n) is 13.6. The number of imide groups is 2. The third-order valence-electron chi connectivity index (χ3n) is 9.10. The Bertz CT molecular complexity index is 1670. The number of carboxylic acids is 1. The number of anilines is 1. The van der Waals surface area contributed by atoms with Crippen molar-refractivity contribution in [1.29, 1.82) is 0 Å². The Morgan fingerprint density at radius 1 is 1.00 bits per heavy atom. The first kappa shape index (κ1) is 29.0. The SMILES string of the molecule is CCOc1cc([C@H]2C3=CC[C@@H]4C(=O)N(c5ccc(C(=O)O)c(O)c5)C(=O)[C@@H]4[C@@H]3C[C@@]3(Cl)C(=O)N(C)C(=O)[C@@]23Cl)ccc1O. The Hall–Kier alpha value is -4.09.